The summed E-state index contributed by atoms with van der Waals surface area (Å²) in [6, 6.07) is 13.6. The van der Waals surface area contributed by atoms with Crippen molar-refractivity contribution in [2.75, 3.05) is 13.9 Å². The van der Waals surface area contributed by atoms with Crippen LogP contribution in [0.3, 0.4) is 0 Å². The first kappa shape index (κ1) is 17.5. The Balaban J connectivity index is 1.49. The molecular weight excluding hydrogens is 342 g/mol. The lowest BCUT2D eigenvalue weighted by atomic mass is 9.88. The predicted octanol–water partition coefficient (Wildman–Crippen LogP) is 4.02. The molecular formula is C22H23NO4. The van der Waals surface area contributed by atoms with Crippen LogP contribution in [0.15, 0.2) is 48.5 Å². The molecule has 1 fully saturated rings. The summed E-state index contributed by atoms with van der Waals surface area (Å²) in [6.45, 7) is 0.243. The molecule has 0 radical (unpaired) electrons. The highest BCUT2D eigenvalue weighted by Crippen LogP contribution is 2.39. The number of hydrogen-bond donors (Lipinski definition) is 1. The maximum atomic E-state index is 12.6. The Labute approximate surface area is 158 Å². The fourth-order valence-electron chi connectivity index (χ4n) is 3.84. The monoisotopic (exact) mass is 365 g/mol. The van der Waals surface area contributed by atoms with Gasteiger partial charge in [0.05, 0.1) is 12.6 Å². The highest BCUT2D eigenvalue weighted by molar-refractivity contribution is 5.92. The number of amides is 1. The maximum Gasteiger partial charge on any atom is 0.244 e. The molecule has 1 aliphatic carbocycles. The number of fused-ring (bicyclic) bond motifs is 1. The van der Waals surface area contributed by atoms with Gasteiger partial charge in [-0.05, 0) is 54.3 Å². The molecule has 0 saturated heterocycles. The number of hydrogen-bond acceptors (Lipinski definition) is 4. The lowest BCUT2D eigenvalue weighted by Crippen LogP contribution is -2.43. The first-order valence-electron chi connectivity index (χ1n) is 9.23. The van der Waals surface area contributed by atoms with Crippen LogP contribution in [0.25, 0.3) is 6.08 Å². The Morgan fingerprint density at radius 1 is 1.07 bits per heavy atom. The minimum Gasteiger partial charge on any atom is -0.497 e. The van der Waals surface area contributed by atoms with Gasteiger partial charge in [0.1, 0.15) is 5.75 Å². The van der Waals surface area contributed by atoms with E-state index in [0.29, 0.717) is 5.75 Å². The summed E-state index contributed by atoms with van der Waals surface area (Å²) in [7, 11) is 1.66. The van der Waals surface area contributed by atoms with E-state index < -0.39 is 0 Å². The van der Waals surface area contributed by atoms with Crippen LogP contribution in [0.1, 0.15) is 36.8 Å². The molecule has 1 aliphatic heterocycles. The smallest absolute Gasteiger partial charge is 0.244 e. The molecule has 2 aromatic rings. The van der Waals surface area contributed by atoms with Gasteiger partial charge in [0.15, 0.2) is 11.5 Å². The molecule has 1 amide bonds. The topological polar surface area (TPSA) is 56.8 Å². The van der Waals surface area contributed by atoms with Gasteiger partial charge in [-0.25, -0.2) is 0 Å². The predicted molar refractivity (Wildman–Crippen MR) is 103 cm³/mol. The fourth-order valence-corrected chi connectivity index (χ4v) is 3.84. The van der Waals surface area contributed by atoms with Crippen LogP contribution in [-0.2, 0) is 10.3 Å². The third kappa shape index (κ3) is 3.63. The van der Waals surface area contributed by atoms with Crippen molar-refractivity contribution in [1.29, 1.82) is 0 Å². The van der Waals surface area contributed by atoms with Crippen LogP contribution in [0, 0.1) is 0 Å². The van der Waals surface area contributed by atoms with Crippen LogP contribution >= 0.6 is 0 Å². The molecule has 0 atom stereocenters. The van der Waals surface area contributed by atoms with E-state index in [1.807, 2.05) is 42.5 Å². The number of carbonyl (C=O) groups is 1. The number of rotatable bonds is 5. The van der Waals surface area contributed by atoms with Crippen molar-refractivity contribution in [3.63, 3.8) is 0 Å². The molecule has 5 nitrogen and oxygen atoms in total. The number of carbonyl (C=O) groups excluding carboxylic acids is 1. The van der Waals surface area contributed by atoms with E-state index in [1.165, 1.54) is 0 Å². The second-order valence-corrected chi connectivity index (χ2v) is 6.95. The summed E-state index contributed by atoms with van der Waals surface area (Å²) in [4.78, 5) is 12.6. The van der Waals surface area contributed by atoms with E-state index in [1.54, 1.807) is 19.3 Å². The van der Waals surface area contributed by atoms with Gasteiger partial charge < -0.3 is 19.5 Å². The summed E-state index contributed by atoms with van der Waals surface area (Å²) in [5, 5.41) is 3.25. The largest absolute Gasteiger partial charge is 0.497 e. The third-order valence-electron chi connectivity index (χ3n) is 5.29. The van der Waals surface area contributed by atoms with Gasteiger partial charge in [-0.2, -0.15) is 0 Å². The van der Waals surface area contributed by atoms with Crippen molar-refractivity contribution in [1.82, 2.24) is 5.32 Å². The molecule has 0 aromatic heterocycles. The van der Waals surface area contributed by atoms with Gasteiger partial charge in [-0.3, -0.25) is 4.79 Å². The molecule has 4 rings (SSSR count). The van der Waals surface area contributed by atoms with Crippen molar-refractivity contribution in [3.8, 4) is 17.2 Å². The number of benzene rings is 2. The molecule has 0 unspecified atom stereocenters. The third-order valence-corrected chi connectivity index (χ3v) is 5.29. The molecule has 2 aliphatic rings. The van der Waals surface area contributed by atoms with Gasteiger partial charge in [-0.15, -0.1) is 0 Å². The molecule has 5 heteroatoms. The average molecular weight is 365 g/mol. The first-order chi connectivity index (χ1) is 13.2. The zero-order valence-electron chi connectivity index (χ0n) is 15.4. The molecule has 0 bridgehead atoms. The van der Waals surface area contributed by atoms with E-state index in [2.05, 4.69) is 5.32 Å². The summed E-state index contributed by atoms with van der Waals surface area (Å²) in [5.74, 6) is 2.18. The minimum absolute atomic E-state index is 0.0922. The Morgan fingerprint density at radius 3 is 2.56 bits per heavy atom. The molecule has 1 N–H and O–H groups in total. The van der Waals surface area contributed by atoms with E-state index in [4.69, 9.17) is 14.2 Å². The zero-order valence-corrected chi connectivity index (χ0v) is 15.4. The van der Waals surface area contributed by atoms with Crippen LogP contribution in [0.2, 0.25) is 0 Å². The fraction of sp³-hybridized carbons (Fsp3) is 0.318. The summed E-state index contributed by atoms with van der Waals surface area (Å²) in [6.07, 6.45) is 7.50. The zero-order chi connectivity index (χ0) is 18.7. The van der Waals surface area contributed by atoms with Gasteiger partial charge in [-0.1, -0.05) is 31.0 Å². The van der Waals surface area contributed by atoms with Crippen molar-refractivity contribution < 1.29 is 19.0 Å². The minimum atomic E-state index is -0.303. The second kappa shape index (κ2) is 7.35. The molecule has 1 heterocycles. The molecule has 1 saturated carbocycles. The Kier molecular flexibility index (Phi) is 4.75. The normalized spacial score (nSPS) is 17.2. The molecule has 2 aromatic carbocycles. The highest BCUT2D eigenvalue weighted by atomic mass is 16.7. The van der Waals surface area contributed by atoms with E-state index >= 15 is 0 Å². The van der Waals surface area contributed by atoms with E-state index in [-0.39, 0.29) is 18.2 Å². The standard InChI is InChI=1S/C22H23NO4/c1-25-18-8-6-17(7-9-18)22(12-2-3-13-22)23-21(24)11-5-16-4-10-19-20(14-16)27-15-26-19/h4-11,14H,2-3,12-13,15H2,1H3,(H,23,24). The lowest BCUT2D eigenvalue weighted by molar-refractivity contribution is -0.118. The van der Waals surface area contributed by atoms with Crippen molar-refractivity contribution in [3.05, 3.63) is 59.7 Å². The summed E-state index contributed by atoms with van der Waals surface area (Å²) in [5.41, 5.74) is 1.73. The average Bonchev–Trinajstić information content (AvgIpc) is 3.36. The van der Waals surface area contributed by atoms with Gasteiger partial charge >= 0.3 is 0 Å². The van der Waals surface area contributed by atoms with Crippen LogP contribution < -0.4 is 19.5 Å². The number of ether oxygens (including phenoxy) is 3. The number of methoxy groups -OCH3 is 1. The lowest BCUT2D eigenvalue weighted by Gasteiger charge is -2.30. The SMILES string of the molecule is COc1ccc(C2(NC(=O)C=Cc3ccc4c(c3)OCO4)CCCC2)cc1. The van der Waals surface area contributed by atoms with Crippen molar-refractivity contribution in [2.24, 2.45) is 0 Å². The molecule has 0 spiro atoms. The summed E-state index contributed by atoms with van der Waals surface area (Å²) < 4.78 is 15.9. The van der Waals surface area contributed by atoms with Crippen molar-refractivity contribution in [2.45, 2.75) is 31.2 Å². The molecule has 140 valence electrons. The Hall–Kier alpha value is -2.95. The Morgan fingerprint density at radius 2 is 1.81 bits per heavy atom. The Bertz CT molecular complexity index is 851. The van der Waals surface area contributed by atoms with Crippen LogP contribution in [-0.4, -0.2) is 19.8 Å². The van der Waals surface area contributed by atoms with Gasteiger partial charge in [0.2, 0.25) is 12.7 Å². The number of nitrogens with one attached hydrogen (secondary N) is 1. The quantitative estimate of drug-likeness (QED) is 0.813. The first-order valence-corrected chi connectivity index (χ1v) is 9.23. The summed E-state index contributed by atoms with van der Waals surface area (Å²) >= 11 is 0. The van der Waals surface area contributed by atoms with E-state index in [9.17, 15) is 4.79 Å². The van der Waals surface area contributed by atoms with Crippen molar-refractivity contribution >= 4 is 12.0 Å². The van der Waals surface area contributed by atoms with Crippen LogP contribution in [0.5, 0.6) is 17.2 Å². The van der Waals surface area contributed by atoms with Gasteiger partial charge in [0, 0.05) is 6.08 Å². The molecule has 27 heavy (non-hydrogen) atoms. The maximum absolute atomic E-state index is 12.6. The van der Waals surface area contributed by atoms with Crippen LogP contribution in [0.4, 0.5) is 0 Å². The van der Waals surface area contributed by atoms with Gasteiger partial charge in [0.25, 0.3) is 0 Å². The van der Waals surface area contributed by atoms with E-state index in [0.717, 1.165) is 48.3 Å². The highest BCUT2D eigenvalue weighted by Gasteiger charge is 2.36. The second-order valence-electron chi connectivity index (χ2n) is 6.95.